The molecular formula is C4H3F2+. The summed E-state index contributed by atoms with van der Waals surface area (Å²) in [5.41, 5.74) is 0. The third kappa shape index (κ3) is 0.379. The van der Waals surface area contributed by atoms with Crippen LogP contribution in [0, 0.1) is 6.42 Å². The first-order valence-electron chi connectivity index (χ1n) is 1.62. The predicted molar refractivity (Wildman–Crippen MR) is 18.4 cm³/mol. The molecule has 1 rings (SSSR count). The summed E-state index contributed by atoms with van der Waals surface area (Å²) < 4.78 is 22.8. The quantitative estimate of drug-likeness (QED) is 0.393. The van der Waals surface area contributed by atoms with Gasteiger partial charge in [-0.05, 0) is 0 Å². The second-order valence-corrected chi connectivity index (χ2v) is 1.20. The molecule has 1 aliphatic rings. The van der Waals surface area contributed by atoms with Crippen LogP contribution in [0.2, 0.25) is 0 Å². The molecule has 0 aromatic rings. The molecule has 0 nitrogen and oxygen atoms in total. The van der Waals surface area contributed by atoms with Crippen molar-refractivity contribution in [1.29, 1.82) is 0 Å². The molecule has 0 aliphatic heterocycles. The van der Waals surface area contributed by atoms with Crippen molar-refractivity contribution in [2.45, 2.75) is 5.92 Å². The summed E-state index contributed by atoms with van der Waals surface area (Å²) in [6, 6.07) is 0. The summed E-state index contributed by atoms with van der Waals surface area (Å²) in [7, 11) is 0. The SMILES string of the molecule is FC1(F)C=C[CH+]1. The molecule has 0 aromatic carbocycles. The monoisotopic (exact) mass is 89.0 g/mol. The van der Waals surface area contributed by atoms with E-state index >= 15 is 0 Å². The summed E-state index contributed by atoms with van der Waals surface area (Å²) in [5.74, 6) is -2.58. The molecule has 0 saturated heterocycles. The number of hydrogen-bond acceptors (Lipinski definition) is 0. The minimum Gasteiger partial charge on any atom is -0.156 e. The Bertz CT molecular complexity index is 83.5. The summed E-state index contributed by atoms with van der Waals surface area (Å²) in [6.45, 7) is 0. The Morgan fingerprint density at radius 1 is 1.50 bits per heavy atom. The highest BCUT2D eigenvalue weighted by atomic mass is 19.3. The molecule has 0 spiro atoms. The molecule has 1 aliphatic carbocycles. The molecule has 0 unspecified atom stereocenters. The fourth-order valence-electron chi connectivity index (χ4n) is 0.242. The van der Waals surface area contributed by atoms with E-state index < -0.39 is 5.92 Å². The van der Waals surface area contributed by atoms with Crippen LogP contribution in [0.5, 0.6) is 0 Å². The first-order valence-corrected chi connectivity index (χ1v) is 1.62. The molecule has 0 N–H and O–H groups in total. The number of halogens is 2. The van der Waals surface area contributed by atoms with Crippen LogP contribution < -0.4 is 0 Å². The van der Waals surface area contributed by atoms with Gasteiger partial charge in [0, 0.05) is 0 Å². The smallest absolute Gasteiger partial charge is 0.156 e. The predicted octanol–water partition coefficient (Wildman–Crippen LogP) is 1.40. The van der Waals surface area contributed by atoms with E-state index in [4.69, 9.17) is 0 Å². The van der Waals surface area contributed by atoms with Crippen molar-refractivity contribution < 1.29 is 8.78 Å². The van der Waals surface area contributed by atoms with E-state index in [-0.39, 0.29) is 0 Å². The summed E-state index contributed by atoms with van der Waals surface area (Å²) in [5, 5.41) is 0. The van der Waals surface area contributed by atoms with Crippen LogP contribution in [-0.4, -0.2) is 5.92 Å². The van der Waals surface area contributed by atoms with Gasteiger partial charge in [-0.25, -0.2) is 0 Å². The highest BCUT2D eigenvalue weighted by molar-refractivity contribution is 5.23. The summed E-state index contributed by atoms with van der Waals surface area (Å²) in [6.07, 6.45) is 3.04. The van der Waals surface area contributed by atoms with Gasteiger partial charge in [0.05, 0.1) is 0 Å². The van der Waals surface area contributed by atoms with Crippen LogP contribution in [0.1, 0.15) is 0 Å². The van der Waals surface area contributed by atoms with Crippen molar-refractivity contribution in [2.24, 2.45) is 0 Å². The van der Waals surface area contributed by atoms with Crippen molar-refractivity contribution in [2.75, 3.05) is 0 Å². The molecule has 0 atom stereocenters. The maximum Gasteiger partial charge on any atom is 0.415 e. The Kier molecular flexibility index (Phi) is 0.457. The number of hydrogen-bond donors (Lipinski definition) is 0. The maximum absolute atomic E-state index is 11.4. The number of allylic oxidation sites excluding steroid dienone is 2. The Morgan fingerprint density at radius 3 is 1.83 bits per heavy atom. The second kappa shape index (κ2) is 0.750. The lowest BCUT2D eigenvalue weighted by atomic mass is 10.1. The van der Waals surface area contributed by atoms with Crippen LogP contribution in [0.15, 0.2) is 12.2 Å². The molecule has 0 fully saturated rings. The minimum absolute atomic E-state index is 0.854. The van der Waals surface area contributed by atoms with Crippen LogP contribution in [0.4, 0.5) is 8.78 Å². The largest absolute Gasteiger partial charge is 0.415 e. The zero-order valence-electron chi connectivity index (χ0n) is 2.99. The molecule has 0 saturated carbocycles. The number of rotatable bonds is 0. The highest BCUT2D eigenvalue weighted by Gasteiger charge is 2.42. The first kappa shape index (κ1) is 3.65. The summed E-state index contributed by atoms with van der Waals surface area (Å²) in [4.78, 5) is 0. The van der Waals surface area contributed by atoms with Gasteiger partial charge in [-0.3, -0.25) is 0 Å². The molecule has 0 amide bonds. The van der Waals surface area contributed by atoms with Gasteiger partial charge >= 0.3 is 5.92 Å². The van der Waals surface area contributed by atoms with Gasteiger partial charge in [0.2, 0.25) is 0 Å². The fourth-order valence-corrected chi connectivity index (χ4v) is 0.242. The zero-order valence-corrected chi connectivity index (χ0v) is 2.99. The Morgan fingerprint density at radius 2 is 1.83 bits per heavy atom. The van der Waals surface area contributed by atoms with E-state index in [1.165, 1.54) is 6.08 Å². The van der Waals surface area contributed by atoms with Gasteiger partial charge in [-0.15, -0.1) is 0 Å². The van der Waals surface area contributed by atoms with Gasteiger partial charge in [-0.2, -0.15) is 8.78 Å². The molecule has 0 radical (unpaired) electrons. The molecule has 6 heavy (non-hydrogen) atoms. The maximum atomic E-state index is 11.4. The lowest BCUT2D eigenvalue weighted by molar-refractivity contribution is 0.0834. The van der Waals surface area contributed by atoms with E-state index in [9.17, 15) is 8.78 Å². The highest BCUT2D eigenvalue weighted by Crippen LogP contribution is 2.26. The van der Waals surface area contributed by atoms with Crippen molar-refractivity contribution in [3.8, 4) is 0 Å². The molecule has 0 bridgehead atoms. The van der Waals surface area contributed by atoms with E-state index in [1.54, 1.807) is 0 Å². The van der Waals surface area contributed by atoms with Crippen LogP contribution in [0.3, 0.4) is 0 Å². The van der Waals surface area contributed by atoms with Crippen molar-refractivity contribution in [3.63, 3.8) is 0 Å². The van der Waals surface area contributed by atoms with Gasteiger partial charge in [0.1, 0.15) is 18.6 Å². The third-order valence-corrected chi connectivity index (χ3v) is 0.637. The zero-order chi connectivity index (χ0) is 4.62. The lowest BCUT2D eigenvalue weighted by Gasteiger charge is -2.02. The van der Waals surface area contributed by atoms with Gasteiger partial charge < -0.3 is 0 Å². The van der Waals surface area contributed by atoms with Crippen molar-refractivity contribution >= 4 is 0 Å². The van der Waals surface area contributed by atoms with Crippen LogP contribution in [0.25, 0.3) is 0 Å². The van der Waals surface area contributed by atoms with Crippen LogP contribution in [-0.2, 0) is 0 Å². The Balaban J connectivity index is 2.57. The summed E-state index contributed by atoms with van der Waals surface area (Å²) >= 11 is 0. The van der Waals surface area contributed by atoms with Crippen molar-refractivity contribution in [1.82, 2.24) is 0 Å². The molecule has 2 heteroatoms. The average molecular weight is 89.1 g/mol. The first-order chi connectivity index (χ1) is 2.71. The topological polar surface area (TPSA) is 0 Å². The van der Waals surface area contributed by atoms with Gasteiger partial charge in [0.15, 0.2) is 0 Å². The Hall–Kier alpha value is -0.530. The van der Waals surface area contributed by atoms with Crippen LogP contribution >= 0.6 is 0 Å². The Labute approximate surface area is 34.5 Å². The normalized spacial score (nSPS) is 25.0. The molecule has 0 aromatic heterocycles. The minimum atomic E-state index is -2.58. The standard InChI is InChI=1S/C4H3F2/c5-4(6)2-1-3-4/h1-3H/q+1. The second-order valence-electron chi connectivity index (χ2n) is 1.20. The van der Waals surface area contributed by atoms with E-state index in [1.807, 2.05) is 0 Å². The third-order valence-electron chi connectivity index (χ3n) is 0.637. The van der Waals surface area contributed by atoms with E-state index in [0.717, 1.165) is 12.5 Å². The van der Waals surface area contributed by atoms with Crippen molar-refractivity contribution in [3.05, 3.63) is 18.6 Å². The average Bonchev–Trinajstić information content (AvgIpc) is 1.32. The van der Waals surface area contributed by atoms with Gasteiger partial charge in [0.25, 0.3) is 0 Å². The van der Waals surface area contributed by atoms with E-state index in [0.29, 0.717) is 0 Å². The fraction of sp³-hybridized carbons (Fsp3) is 0.250. The van der Waals surface area contributed by atoms with Gasteiger partial charge in [-0.1, -0.05) is 0 Å². The molecule has 0 heterocycles. The number of alkyl halides is 2. The molecule has 32 valence electrons. The lowest BCUT2D eigenvalue weighted by Crippen LogP contribution is -2.18. The van der Waals surface area contributed by atoms with E-state index in [2.05, 4.69) is 0 Å². The molecular weight excluding hydrogens is 86.0 g/mol.